The first-order valence-electron chi connectivity index (χ1n) is 7.16. The Morgan fingerprint density at radius 3 is 2.82 bits per heavy atom. The summed E-state index contributed by atoms with van der Waals surface area (Å²) in [7, 11) is 0. The van der Waals surface area contributed by atoms with Gasteiger partial charge < -0.3 is 15.7 Å². The number of amides is 2. The first-order valence-corrected chi connectivity index (χ1v) is 7.53. The quantitative estimate of drug-likeness (QED) is 0.589. The van der Waals surface area contributed by atoms with Gasteiger partial charge >= 0.3 is 11.8 Å². The lowest BCUT2D eigenvalue weighted by molar-refractivity contribution is -0.136. The molecule has 1 aliphatic carbocycles. The van der Waals surface area contributed by atoms with Crippen molar-refractivity contribution in [3.05, 3.63) is 40.9 Å². The van der Waals surface area contributed by atoms with Crippen LogP contribution < -0.4 is 10.6 Å². The smallest absolute Gasteiger partial charge is 0.313 e. The summed E-state index contributed by atoms with van der Waals surface area (Å²) in [5.41, 5.74) is 0.114. The number of rotatable bonds is 3. The number of carbonyl (C=O) groups is 2. The summed E-state index contributed by atoms with van der Waals surface area (Å²) in [4.78, 5) is 23.7. The number of anilines is 1. The lowest BCUT2D eigenvalue weighted by atomic mass is 9.91. The maximum Gasteiger partial charge on any atom is 0.313 e. The minimum absolute atomic E-state index is 0.0181. The van der Waals surface area contributed by atoms with Crippen LogP contribution in [0.15, 0.2) is 30.4 Å². The van der Waals surface area contributed by atoms with E-state index in [1.807, 2.05) is 6.08 Å². The maximum atomic E-state index is 11.9. The molecule has 0 saturated carbocycles. The second-order valence-corrected chi connectivity index (χ2v) is 5.85. The molecule has 1 aliphatic rings. The van der Waals surface area contributed by atoms with Crippen LogP contribution in [0.4, 0.5) is 5.69 Å². The number of benzene rings is 1. The van der Waals surface area contributed by atoms with E-state index in [0.29, 0.717) is 22.7 Å². The number of halogens is 1. The molecule has 1 aromatic carbocycles. The second-order valence-electron chi connectivity index (χ2n) is 5.45. The molecule has 0 unspecified atom stereocenters. The minimum Gasteiger partial charge on any atom is -0.384 e. The van der Waals surface area contributed by atoms with E-state index in [4.69, 9.17) is 11.6 Å². The molecule has 0 aromatic heterocycles. The van der Waals surface area contributed by atoms with Gasteiger partial charge in [0.1, 0.15) is 5.60 Å². The van der Waals surface area contributed by atoms with Gasteiger partial charge in [0.2, 0.25) is 0 Å². The second kappa shape index (κ2) is 6.94. The van der Waals surface area contributed by atoms with Crippen molar-refractivity contribution in [3.63, 3.8) is 0 Å². The van der Waals surface area contributed by atoms with Crippen molar-refractivity contribution in [2.45, 2.75) is 31.8 Å². The average Bonchev–Trinajstić information content (AvgIpc) is 2.50. The van der Waals surface area contributed by atoms with Gasteiger partial charge in [0.15, 0.2) is 0 Å². The normalized spacial score (nSPS) is 20.5. The molecule has 2 rings (SSSR count). The summed E-state index contributed by atoms with van der Waals surface area (Å²) in [6.45, 7) is 1.77. The van der Waals surface area contributed by atoms with Crippen molar-refractivity contribution < 1.29 is 14.7 Å². The zero-order valence-corrected chi connectivity index (χ0v) is 13.1. The first kappa shape index (κ1) is 16.5. The van der Waals surface area contributed by atoms with Crippen LogP contribution in [0.25, 0.3) is 0 Å². The van der Waals surface area contributed by atoms with Crippen LogP contribution in [-0.4, -0.2) is 29.1 Å². The molecule has 3 N–H and O–H groups in total. The minimum atomic E-state index is -1.07. The van der Waals surface area contributed by atoms with E-state index in [2.05, 4.69) is 10.6 Å². The van der Waals surface area contributed by atoms with Crippen LogP contribution in [0.1, 0.15) is 24.8 Å². The molecular weight excluding hydrogens is 304 g/mol. The molecule has 0 aliphatic heterocycles. The van der Waals surface area contributed by atoms with Crippen LogP contribution in [0.3, 0.4) is 0 Å². The molecule has 0 radical (unpaired) electrons. The summed E-state index contributed by atoms with van der Waals surface area (Å²) in [5.74, 6) is -1.57. The summed E-state index contributed by atoms with van der Waals surface area (Å²) < 4.78 is 0. The summed E-state index contributed by atoms with van der Waals surface area (Å²) >= 11 is 5.97. The Hall–Kier alpha value is -1.85. The number of allylic oxidation sites excluding steroid dienone is 1. The van der Waals surface area contributed by atoms with Gasteiger partial charge in [-0.3, -0.25) is 9.59 Å². The van der Waals surface area contributed by atoms with Gasteiger partial charge in [-0.05, 0) is 43.9 Å². The fourth-order valence-electron chi connectivity index (χ4n) is 2.29. The highest BCUT2D eigenvalue weighted by Crippen LogP contribution is 2.23. The molecule has 0 fully saturated rings. The van der Waals surface area contributed by atoms with Crippen LogP contribution in [-0.2, 0) is 9.59 Å². The van der Waals surface area contributed by atoms with Crippen molar-refractivity contribution in [1.82, 2.24) is 5.32 Å². The van der Waals surface area contributed by atoms with Gasteiger partial charge in [0.25, 0.3) is 0 Å². The maximum absolute atomic E-state index is 11.9. The number of carbonyl (C=O) groups excluding carboxylic acids is 2. The van der Waals surface area contributed by atoms with Crippen molar-refractivity contribution in [2.24, 2.45) is 0 Å². The Labute approximate surface area is 134 Å². The van der Waals surface area contributed by atoms with E-state index in [0.717, 1.165) is 12.8 Å². The Kier molecular flexibility index (Phi) is 5.21. The summed E-state index contributed by atoms with van der Waals surface area (Å²) in [5, 5.41) is 15.7. The predicted molar refractivity (Wildman–Crippen MR) is 85.8 cm³/mol. The van der Waals surface area contributed by atoms with Crippen molar-refractivity contribution in [3.8, 4) is 0 Å². The standard InChI is InChI=1S/C16H19ClN2O3/c1-11-12(17)6-5-7-13(11)19-15(21)14(20)18-10-16(22)8-3-2-4-9-16/h3,5-8,22H,2,4,9-10H2,1H3,(H,18,20)(H,19,21)/t16-/m1/s1. The van der Waals surface area contributed by atoms with Crippen LogP contribution >= 0.6 is 11.6 Å². The molecule has 22 heavy (non-hydrogen) atoms. The molecule has 1 aromatic rings. The molecular formula is C16H19ClN2O3. The molecule has 0 bridgehead atoms. The van der Waals surface area contributed by atoms with Crippen LogP contribution in [0, 0.1) is 6.92 Å². The predicted octanol–water partition coefficient (Wildman–Crippen LogP) is 2.17. The largest absolute Gasteiger partial charge is 0.384 e. The SMILES string of the molecule is Cc1c(Cl)cccc1NC(=O)C(=O)NC[C@@]1(O)C=CCCC1. The highest BCUT2D eigenvalue weighted by Gasteiger charge is 2.27. The fourth-order valence-corrected chi connectivity index (χ4v) is 2.47. The van der Waals surface area contributed by atoms with E-state index in [1.54, 1.807) is 31.2 Å². The Morgan fingerprint density at radius 1 is 1.36 bits per heavy atom. The van der Waals surface area contributed by atoms with E-state index < -0.39 is 17.4 Å². The highest BCUT2D eigenvalue weighted by atomic mass is 35.5. The van der Waals surface area contributed by atoms with Gasteiger partial charge in [0, 0.05) is 10.7 Å². The number of nitrogens with one attached hydrogen (secondary N) is 2. The Bertz CT molecular complexity index is 615. The van der Waals surface area contributed by atoms with Crippen LogP contribution in [0.5, 0.6) is 0 Å². The third-order valence-corrected chi connectivity index (χ3v) is 4.10. The van der Waals surface area contributed by atoms with E-state index >= 15 is 0 Å². The number of hydrogen-bond donors (Lipinski definition) is 3. The number of hydrogen-bond acceptors (Lipinski definition) is 3. The lowest BCUT2D eigenvalue weighted by Crippen LogP contribution is -2.45. The van der Waals surface area contributed by atoms with Gasteiger partial charge in [-0.2, -0.15) is 0 Å². The zero-order chi connectivity index (χ0) is 16.2. The first-order chi connectivity index (χ1) is 10.4. The summed E-state index contributed by atoms with van der Waals surface area (Å²) in [6, 6.07) is 5.07. The van der Waals surface area contributed by atoms with Gasteiger partial charge in [0.05, 0.1) is 6.54 Å². The Balaban J connectivity index is 1.92. The molecule has 0 spiro atoms. The van der Waals surface area contributed by atoms with E-state index in [9.17, 15) is 14.7 Å². The average molecular weight is 323 g/mol. The van der Waals surface area contributed by atoms with Gasteiger partial charge in [-0.1, -0.05) is 29.8 Å². The topological polar surface area (TPSA) is 78.4 Å². The van der Waals surface area contributed by atoms with E-state index in [1.165, 1.54) is 0 Å². The monoisotopic (exact) mass is 322 g/mol. The molecule has 0 saturated heterocycles. The molecule has 6 heteroatoms. The number of aliphatic hydroxyl groups is 1. The zero-order valence-electron chi connectivity index (χ0n) is 12.4. The lowest BCUT2D eigenvalue weighted by Gasteiger charge is -2.27. The fraction of sp³-hybridized carbons (Fsp3) is 0.375. The van der Waals surface area contributed by atoms with Gasteiger partial charge in [-0.25, -0.2) is 0 Å². The molecule has 1 atom stereocenters. The van der Waals surface area contributed by atoms with Crippen molar-refractivity contribution in [1.29, 1.82) is 0 Å². The third kappa shape index (κ3) is 4.08. The van der Waals surface area contributed by atoms with Gasteiger partial charge in [-0.15, -0.1) is 0 Å². The highest BCUT2D eigenvalue weighted by molar-refractivity contribution is 6.40. The molecule has 5 nitrogen and oxygen atoms in total. The van der Waals surface area contributed by atoms with Crippen molar-refractivity contribution >= 4 is 29.1 Å². The van der Waals surface area contributed by atoms with E-state index in [-0.39, 0.29) is 6.54 Å². The molecule has 2 amide bonds. The molecule has 118 valence electrons. The van der Waals surface area contributed by atoms with Crippen LogP contribution in [0.2, 0.25) is 5.02 Å². The third-order valence-electron chi connectivity index (χ3n) is 3.69. The molecule has 0 heterocycles. The summed E-state index contributed by atoms with van der Waals surface area (Å²) in [6.07, 6.45) is 5.90. The van der Waals surface area contributed by atoms with Crippen molar-refractivity contribution in [2.75, 3.05) is 11.9 Å². The Morgan fingerprint density at radius 2 is 2.14 bits per heavy atom.